The van der Waals surface area contributed by atoms with Crippen LogP contribution >= 0.6 is 11.8 Å². The molecule has 0 atom stereocenters. The van der Waals surface area contributed by atoms with E-state index < -0.39 is 0 Å². The van der Waals surface area contributed by atoms with E-state index in [1.807, 2.05) is 29.8 Å². The average Bonchev–Trinajstić information content (AvgIpc) is 2.97. The number of carbonyl (C=O) groups excluding carboxylic acids is 1. The van der Waals surface area contributed by atoms with E-state index in [1.54, 1.807) is 6.20 Å². The summed E-state index contributed by atoms with van der Waals surface area (Å²) >= 11 is 1.45. The predicted molar refractivity (Wildman–Crippen MR) is 96.2 cm³/mol. The predicted octanol–water partition coefficient (Wildman–Crippen LogP) is 3.66. The van der Waals surface area contributed by atoms with Gasteiger partial charge >= 0.3 is 0 Å². The second kappa shape index (κ2) is 8.58. The van der Waals surface area contributed by atoms with Crippen molar-refractivity contribution in [1.29, 1.82) is 0 Å². The number of rotatable bonds is 7. The van der Waals surface area contributed by atoms with Crippen LogP contribution in [0.2, 0.25) is 0 Å². The van der Waals surface area contributed by atoms with E-state index in [9.17, 15) is 4.79 Å². The molecule has 1 heterocycles. The Labute approximate surface area is 142 Å². The Balaban J connectivity index is 1.97. The molecule has 0 bridgehead atoms. The maximum atomic E-state index is 11.9. The Morgan fingerprint density at radius 1 is 1.30 bits per heavy atom. The summed E-state index contributed by atoms with van der Waals surface area (Å²) in [5.74, 6) is 0.409. The van der Waals surface area contributed by atoms with Gasteiger partial charge in [-0.05, 0) is 50.5 Å². The number of imidazole rings is 1. The van der Waals surface area contributed by atoms with Crippen molar-refractivity contribution in [2.45, 2.75) is 32.3 Å². The quantitative estimate of drug-likeness (QED) is 0.479. The van der Waals surface area contributed by atoms with Crippen LogP contribution in [0.1, 0.15) is 24.5 Å². The Hall–Kier alpha value is -2.01. The maximum Gasteiger partial charge on any atom is 0.230 e. The molecule has 0 aliphatic heterocycles. The van der Waals surface area contributed by atoms with Gasteiger partial charge in [-0.2, -0.15) is 0 Å². The van der Waals surface area contributed by atoms with Gasteiger partial charge in [-0.3, -0.25) is 9.36 Å². The highest BCUT2D eigenvalue weighted by Crippen LogP contribution is 2.22. The lowest BCUT2D eigenvalue weighted by Gasteiger charge is -2.09. The topological polar surface area (TPSA) is 46.9 Å². The van der Waals surface area contributed by atoms with Gasteiger partial charge in [0.2, 0.25) is 5.91 Å². The highest BCUT2D eigenvalue weighted by Gasteiger charge is 2.09. The van der Waals surface area contributed by atoms with Crippen molar-refractivity contribution in [1.82, 2.24) is 14.9 Å². The second-order valence-corrected chi connectivity index (χ2v) is 6.36. The summed E-state index contributed by atoms with van der Waals surface area (Å²) in [7, 11) is 0. The number of benzene rings is 1. The van der Waals surface area contributed by atoms with Crippen LogP contribution in [0.25, 0.3) is 5.69 Å². The minimum absolute atomic E-state index is 0.0366. The maximum absolute atomic E-state index is 11.9. The summed E-state index contributed by atoms with van der Waals surface area (Å²) in [4.78, 5) is 16.2. The number of hydrogen-bond donors (Lipinski definition) is 1. The highest BCUT2D eigenvalue weighted by atomic mass is 32.2. The SMILES string of the molecule is C/C=C/CCNC(=O)CSc1nccn1-c1cc(C)cc(C)c1. The number of nitrogens with one attached hydrogen (secondary N) is 1. The number of hydrogen-bond acceptors (Lipinski definition) is 3. The summed E-state index contributed by atoms with van der Waals surface area (Å²) < 4.78 is 2.03. The number of aromatic nitrogens is 2. The van der Waals surface area contributed by atoms with E-state index in [-0.39, 0.29) is 5.91 Å². The van der Waals surface area contributed by atoms with Crippen molar-refractivity contribution in [2.75, 3.05) is 12.3 Å². The molecule has 0 unspecified atom stereocenters. The minimum atomic E-state index is 0.0366. The zero-order valence-corrected chi connectivity index (χ0v) is 14.7. The van der Waals surface area contributed by atoms with Crippen LogP contribution < -0.4 is 5.32 Å². The zero-order valence-electron chi connectivity index (χ0n) is 13.9. The van der Waals surface area contributed by atoms with Crippen LogP contribution in [0.4, 0.5) is 0 Å². The van der Waals surface area contributed by atoms with Crippen molar-refractivity contribution in [2.24, 2.45) is 0 Å². The molecule has 1 amide bonds. The summed E-state index contributed by atoms with van der Waals surface area (Å²) in [6.45, 7) is 6.82. The van der Waals surface area contributed by atoms with Crippen molar-refractivity contribution < 1.29 is 4.79 Å². The van der Waals surface area contributed by atoms with Gasteiger partial charge < -0.3 is 5.32 Å². The van der Waals surface area contributed by atoms with Crippen molar-refractivity contribution in [3.8, 4) is 5.69 Å². The lowest BCUT2D eigenvalue weighted by molar-refractivity contribution is -0.118. The summed E-state index contributed by atoms with van der Waals surface area (Å²) in [6, 6.07) is 6.39. The normalized spacial score (nSPS) is 11.1. The molecule has 1 aromatic carbocycles. The first kappa shape index (κ1) is 17.3. The molecule has 0 aliphatic rings. The van der Waals surface area contributed by atoms with E-state index >= 15 is 0 Å². The fourth-order valence-corrected chi connectivity index (χ4v) is 3.13. The molecule has 4 nitrogen and oxygen atoms in total. The van der Waals surface area contributed by atoms with Crippen LogP contribution in [-0.4, -0.2) is 27.8 Å². The molecule has 1 aromatic heterocycles. The number of nitrogens with zero attached hydrogens (tertiary/aromatic N) is 2. The molecule has 2 rings (SSSR count). The molecule has 0 radical (unpaired) electrons. The first-order valence-electron chi connectivity index (χ1n) is 7.73. The highest BCUT2D eigenvalue weighted by molar-refractivity contribution is 7.99. The number of aryl methyl sites for hydroxylation is 2. The van der Waals surface area contributed by atoms with Gasteiger partial charge in [-0.1, -0.05) is 30.0 Å². The Kier molecular flexibility index (Phi) is 6.47. The van der Waals surface area contributed by atoms with Crippen molar-refractivity contribution >= 4 is 17.7 Å². The smallest absolute Gasteiger partial charge is 0.230 e. The van der Waals surface area contributed by atoms with Gasteiger partial charge in [0, 0.05) is 24.6 Å². The molecule has 5 heteroatoms. The van der Waals surface area contributed by atoms with Gasteiger partial charge in [0.1, 0.15) is 0 Å². The van der Waals surface area contributed by atoms with Gasteiger partial charge in [-0.25, -0.2) is 4.98 Å². The Bertz CT molecular complexity index is 671. The standard InChI is InChI=1S/C18H23N3OS/c1-4-5-6-7-19-17(22)13-23-18-20-8-9-21(18)16-11-14(2)10-15(3)12-16/h4-5,8-12H,6-7,13H2,1-3H3,(H,19,22)/b5-4+. The van der Waals surface area contributed by atoms with Gasteiger partial charge in [-0.15, -0.1) is 0 Å². The van der Waals surface area contributed by atoms with E-state index in [0.717, 1.165) is 17.3 Å². The molecule has 1 N–H and O–H groups in total. The van der Waals surface area contributed by atoms with E-state index in [0.29, 0.717) is 12.3 Å². The molecule has 0 fully saturated rings. The molecule has 2 aromatic rings. The molecule has 0 aliphatic carbocycles. The average molecular weight is 329 g/mol. The molecule has 122 valence electrons. The zero-order chi connectivity index (χ0) is 16.7. The van der Waals surface area contributed by atoms with Gasteiger partial charge in [0.25, 0.3) is 0 Å². The molecule has 23 heavy (non-hydrogen) atoms. The minimum Gasteiger partial charge on any atom is -0.355 e. The third-order valence-corrected chi connectivity index (χ3v) is 4.26. The summed E-state index contributed by atoms with van der Waals surface area (Å²) in [6.07, 6.45) is 8.59. The van der Waals surface area contributed by atoms with E-state index in [4.69, 9.17) is 0 Å². The van der Waals surface area contributed by atoms with Crippen LogP contribution in [0.5, 0.6) is 0 Å². The fourth-order valence-electron chi connectivity index (χ4n) is 2.33. The first-order chi connectivity index (χ1) is 11.1. The van der Waals surface area contributed by atoms with Gasteiger partial charge in [0.15, 0.2) is 5.16 Å². The molecular weight excluding hydrogens is 306 g/mol. The summed E-state index contributed by atoms with van der Waals surface area (Å²) in [5, 5.41) is 3.74. The lowest BCUT2D eigenvalue weighted by Crippen LogP contribution is -2.25. The van der Waals surface area contributed by atoms with E-state index in [1.165, 1.54) is 22.9 Å². The number of amides is 1. The largest absolute Gasteiger partial charge is 0.355 e. The number of thioether (sulfide) groups is 1. The Morgan fingerprint density at radius 3 is 2.74 bits per heavy atom. The van der Waals surface area contributed by atoms with Gasteiger partial charge in [0.05, 0.1) is 5.75 Å². The van der Waals surface area contributed by atoms with Crippen molar-refractivity contribution in [3.05, 3.63) is 53.9 Å². The fraction of sp³-hybridized carbons (Fsp3) is 0.333. The number of allylic oxidation sites excluding steroid dienone is 1. The monoisotopic (exact) mass is 329 g/mol. The van der Waals surface area contributed by atoms with Crippen LogP contribution in [-0.2, 0) is 4.79 Å². The Morgan fingerprint density at radius 2 is 2.04 bits per heavy atom. The number of carbonyl (C=O) groups is 1. The van der Waals surface area contributed by atoms with Crippen molar-refractivity contribution in [3.63, 3.8) is 0 Å². The lowest BCUT2D eigenvalue weighted by atomic mass is 10.1. The second-order valence-electron chi connectivity index (χ2n) is 5.42. The van der Waals surface area contributed by atoms with E-state index in [2.05, 4.69) is 42.3 Å². The van der Waals surface area contributed by atoms with Crippen LogP contribution in [0.15, 0.2) is 47.9 Å². The van der Waals surface area contributed by atoms with Crippen LogP contribution in [0, 0.1) is 13.8 Å². The third kappa shape index (κ3) is 5.28. The molecule has 0 saturated carbocycles. The van der Waals surface area contributed by atoms with Crippen LogP contribution in [0.3, 0.4) is 0 Å². The first-order valence-corrected chi connectivity index (χ1v) is 8.71. The molecule has 0 saturated heterocycles. The summed E-state index contributed by atoms with van der Waals surface area (Å²) in [5.41, 5.74) is 3.51. The molecular formula is C18H23N3OS. The third-order valence-electron chi connectivity index (χ3n) is 3.29. The molecule has 0 spiro atoms.